The highest BCUT2D eigenvalue weighted by atomic mass is 32.2. The summed E-state index contributed by atoms with van der Waals surface area (Å²) in [7, 11) is -3.95. The zero-order chi connectivity index (χ0) is 23.6. The van der Waals surface area contributed by atoms with Gasteiger partial charge in [-0.3, -0.25) is 19.6 Å². The average Bonchev–Trinajstić information content (AvgIpc) is 2.72. The van der Waals surface area contributed by atoms with Crippen molar-refractivity contribution in [2.45, 2.75) is 32.6 Å². The van der Waals surface area contributed by atoms with E-state index in [9.17, 15) is 23.3 Å². The van der Waals surface area contributed by atoms with E-state index < -0.39 is 20.9 Å². The fourth-order valence-electron chi connectivity index (χ4n) is 3.10. The van der Waals surface area contributed by atoms with Crippen molar-refractivity contribution >= 4 is 33.0 Å². The van der Waals surface area contributed by atoms with Gasteiger partial charge in [-0.25, -0.2) is 8.42 Å². The van der Waals surface area contributed by atoms with Gasteiger partial charge in [-0.05, 0) is 74.2 Å². The van der Waals surface area contributed by atoms with E-state index in [1.54, 1.807) is 32.0 Å². The highest BCUT2D eigenvalue weighted by molar-refractivity contribution is 7.92. The van der Waals surface area contributed by atoms with Gasteiger partial charge in [0.05, 0.1) is 15.5 Å². The molecule has 3 aromatic rings. The predicted octanol–water partition coefficient (Wildman–Crippen LogP) is 4.88. The maximum absolute atomic E-state index is 13.0. The van der Waals surface area contributed by atoms with Gasteiger partial charge in [-0.1, -0.05) is 18.2 Å². The smallest absolute Gasteiger partial charge is 0.271 e. The number of hydrogen-bond donors (Lipinski definition) is 2. The van der Waals surface area contributed by atoms with Crippen LogP contribution in [0, 0.1) is 37.8 Å². The van der Waals surface area contributed by atoms with Crippen molar-refractivity contribution < 1.29 is 18.1 Å². The lowest BCUT2D eigenvalue weighted by atomic mass is 10.1. The number of anilines is 2. The molecule has 2 N–H and O–H groups in total. The minimum atomic E-state index is -3.95. The van der Waals surface area contributed by atoms with Crippen molar-refractivity contribution in [1.29, 1.82) is 0 Å². The lowest BCUT2D eigenvalue weighted by Gasteiger charge is -2.13. The van der Waals surface area contributed by atoms with Crippen molar-refractivity contribution in [1.82, 2.24) is 0 Å². The third kappa shape index (κ3) is 4.94. The largest absolute Gasteiger partial charge is 0.321 e. The minimum Gasteiger partial charge on any atom is -0.321 e. The number of carbonyl (C=O) groups excluding carboxylic acids is 1. The molecule has 0 aliphatic heterocycles. The molecule has 1 amide bonds. The molecule has 0 aromatic heterocycles. The molecule has 0 saturated carbocycles. The van der Waals surface area contributed by atoms with Gasteiger partial charge in [-0.2, -0.15) is 0 Å². The summed E-state index contributed by atoms with van der Waals surface area (Å²) in [5.74, 6) is -0.573. The molecule has 0 bridgehead atoms. The Bertz CT molecular complexity index is 1330. The van der Waals surface area contributed by atoms with Crippen molar-refractivity contribution in [3.8, 4) is 0 Å². The maximum Gasteiger partial charge on any atom is 0.271 e. The van der Waals surface area contributed by atoms with Crippen LogP contribution in [0.15, 0.2) is 59.5 Å². The second-order valence-corrected chi connectivity index (χ2v) is 9.25. The molecule has 0 fully saturated rings. The lowest BCUT2D eigenvalue weighted by Crippen LogP contribution is -2.17. The quantitative estimate of drug-likeness (QED) is 0.407. The molecule has 0 spiro atoms. The first-order chi connectivity index (χ1) is 15.0. The molecule has 32 heavy (non-hydrogen) atoms. The fraction of sp³-hybridized carbons (Fsp3) is 0.174. The number of carbonyl (C=O) groups is 1. The molecule has 8 nitrogen and oxygen atoms in total. The Kier molecular flexibility index (Phi) is 6.31. The number of nitrogens with one attached hydrogen (secondary N) is 2. The van der Waals surface area contributed by atoms with Crippen molar-refractivity contribution in [2.75, 3.05) is 10.0 Å². The van der Waals surface area contributed by atoms with E-state index >= 15 is 0 Å². The third-order valence-electron chi connectivity index (χ3n) is 5.18. The molecule has 166 valence electrons. The van der Waals surface area contributed by atoms with E-state index in [0.29, 0.717) is 16.8 Å². The number of rotatable bonds is 6. The molecule has 0 atom stereocenters. The molecule has 9 heteroatoms. The number of aryl methyl sites for hydroxylation is 4. The van der Waals surface area contributed by atoms with E-state index in [1.165, 1.54) is 30.3 Å². The third-order valence-corrected chi connectivity index (χ3v) is 6.70. The number of benzene rings is 3. The molecule has 0 saturated heterocycles. The van der Waals surface area contributed by atoms with E-state index in [-0.39, 0.29) is 21.8 Å². The second kappa shape index (κ2) is 8.80. The average molecular weight is 454 g/mol. The summed E-state index contributed by atoms with van der Waals surface area (Å²) in [4.78, 5) is 23.2. The summed E-state index contributed by atoms with van der Waals surface area (Å²) in [5, 5.41) is 13.6. The van der Waals surface area contributed by atoms with Gasteiger partial charge in [0.25, 0.3) is 21.6 Å². The Morgan fingerprint density at radius 1 is 0.844 bits per heavy atom. The van der Waals surface area contributed by atoms with Gasteiger partial charge in [-0.15, -0.1) is 0 Å². The van der Waals surface area contributed by atoms with Gasteiger partial charge in [0.1, 0.15) is 0 Å². The van der Waals surface area contributed by atoms with Crippen LogP contribution in [-0.2, 0) is 10.0 Å². The van der Waals surface area contributed by atoms with Crippen LogP contribution in [0.1, 0.15) is 32.6 Å². The summed E-state index contributed by atoms with van der Waals surface area (Å²) in [6.07, 6.45) is 0. The van der Waals surface area contributed by atoms with Crippen molar-refractivity contribution in [3.05, 3.63) is 92.5 Å². The van der Waals surface area contributed by atoms with E-state index in [1.807, 2.05) is 19.9 Å². The summed E-state index contributed by atoms with van der Waals surface area (Å²) in [5.41, 5.74) is 3.76. The van der Waals surface area contributed by atoms with E-state index in [2.05, 4.69) is 10.0 Å². The van der Waals surface area contributed by atoms with Crippen LogP contribution in [0.3, 0.4) is 0 Å². The standard InChI is InChI=1S/C23H23N3O5S/c1-14-6-9-19(11-17(14)4)25-32(30,31)22-12-18(8-5-16(22)3)23(27)24-21-13-20(26(28)29)10-7-15(21)2/h5-13,25H,1-4H3,(H,24,27). The second-order valence-electron chi connectivity index (χ2n) is 7.60. The Morgan fingerprint density at radius 2 is 1.50 bits per heavy atom. The highest BCUT2D eigenvalue weighted by Gasteiger charge is 2.20. The zero-order valence-corrected chi connectivity index (χ0v) is 18.9. The Hall–Kier alpha value is -3.72. The molecule has 0 radical (unpaired) electrons. The van der Waals surface area contributed by atoms with Crippen LogP contribution in [0.5, 0.6) is 0 Å². The molecular formula is C23H23N3O5S. The summed E-state index contributed by atoms with van der Waals surface area (Å²) in [6, 6.07) is 13.7. The van der Waals surface area contributed by atoms with Crippen molar-refractivity contribution in [3.63, 3.8) is 0 Å². The van der Waals surface area contributed by atoms with E-state index in [0.717, 1.165) is 11.1 Å². The lowest BCUT2D eigenvalue weighted by molar-refractivity contribution is -0.384. The molecule has 0 heterocycles. The van der Waals surface area contributed by atoms with Crippen LogP contribution in [0.4, 0.5) is 17.1 Å². The van der Waals surface area contributed by atoms with E-state index in [4.69, 9.17) is 0 Å². The summed E-state index contributed by atoms with van der Waals surface area (Å²) in [6.45, 7) is 7.17. The summed E-state index contributed by atoms with van der Waals surface area (Å²) >= 11 is 0. The molecular weight excluding hydrogens is 430 g/mol. The maximum atomic E-state index is 13.0. The van der Waals surface area contributed by atoms with Crippen LogP contribution in [0.2, 0.25) is 0 Å². The Labute approximate surface area is 186 Å². The number of hydrogen-bond acceptors (Lipinski definition) is 5. The number of sulfonamides is 1. The first-order valence-corrected chi connectivity index (χ1v) is 11.2. The van der Waals surface area contributed by atoms with Crippen LogP contribution >= 0.6 is 0 Å². The zero-order valence-electron chi connectivity index (χ0n) is 18.1. The minimum absolute atomic E-state index is 0.0286. The molecule has 3 rings (SSSR count). The van der Waals surface area contributed by atoms with Gasteiger partial charge >= 0.3 is 0 Å². The first kappa shape index (κ1) is 23.0. The molecule has 3 aromatic carbocycles. The fourth-order valence-corrected chi connectivity index (χ4v) is 4.42. The number of amides is 1. The summed E-state index contributed by atoms with van der Waals surface area (Å²) < 4.78 is 28.6. The van der Waals surface area contributed by atoms with Gasteiger partial charge in [0.2, 0.25) is 0 Å². The predicted molar refractivity (Wildman–Crippen MR) is 124 cm³/mol. The molecule has 0 aliphatic rings. The SMILES string of the molecule is Cc1ccc(NS(=O)(=O)c2cc(C(=O)Nc3cc([N+](=O)[O-])ccc3C)ccc2C)cc1C. The highest BCUT2D eigenvalue weighted by Crippen LogP contribution is 2.25. The van der Waals surface area contributed by atoms with Gasteiger partial charge in [0, 0.05) is 23.4 Å². The van der Waals surface area contributed by atoms with Gasteiger partial charge < -0.3 is 5.32 Å². The monoisotopic (exact) mass is 453 g/mol. The Morgan fingerprint density at radius 3 is 2.16 bits per heavy atom. The van der Waals surface area contributed by atoms with Crippen LogP contribution in [0.25, 0.3) is 0 Å². The molecule has 0 aliphatic carbocycles. The first-order valence-electron chi connectivity index (χ1n) is 9.75. The number of non-ortho nitro benzene ring substituents is 1. The normalized spacial score (nSPS) is 11.1. The number of nitrogens with zero attached hydrogens (tertiary/aromatic N) is 1. The Balaban J connectivity index is 1.91. The van der Waals surface area contributed by atoms with Gasteiger partial charge in [0.15, 0.2) is 0 Å². The topological polar surface area (TPSA) is 118 Å². The van der Waals surface area contributed by atoms with Crippen LogP contribution < -0.4 is 10.0 Å². The number of nitro groups is 1. The van der Waals surface area contributed by atoms with Crippen molar-refractivity contribution in [2.24, 2.45) is 0 Å². The molecule has 0 unspecified atom stereocenters. The number of nitro benzene ring substituents is 1. The van der Waals surface area contributed by atoms with Crippen LogP contribution in [-0.4, -0.2) is 19.2 Å².